The van der Waals surface area contributed by atoms with Crippen molar-refractivity contribution in [2.45, 2.75) is 0 Å². The van der Waals surface area contributed by atoms with Gasteiger partial charge in [0.2, 0.25) is 0 Å². The largest absolute Gasteiger partial charge is 0.443 e. The molecule has 5 nitrogen and oxygen atoms in total. The van der Waals surface area contributed by atoms with Crippen LogP contribution in [-0.4, -0.2) is 28.4 Å². The lowest BCUT2D eigenvalue weighted by Gasteiger charge is -2.03. The van der Waals surface area contributed by atoms with Gasteiger partial charge in [-0.3, -0.25) is 15.1 Å². The Labute approximate surface area is 114 Å². The number of aromatic nitrogens is 1. The van der Waals surface area contributed by atoms with E-state index in [1.165, 1.54) is 18.2 Å². The first-order chi connectivity index (χ1) is 9.34. The summed E-state index contributed by atoms with van der Waals surface area (Å²) in [6.07, 6.45) is 1.28. The van der Waals surface area contributed by atoms with Crippen molar-refractivity contribution in [2.75, 3.05) is 12.3 Å². The molecular formula is C13H11N3O2S. The number of nitrogens with zero attached hydrogens (tertiary/aromatic N) is 2. The predicted octanol–water partition coefficient (Wildman–Crippen LogP) is 2.17. The summed E-state index contributed by atoms with van der Waals surface area (Å²) >= 11 is 1.53. The summed E-state index contributed by atoms with van der Waals surface area (Å²) in [5.74, 6) is 1.09. The van der Waals surface area contributed by atoms with E-state index in [0.29, 0.717) is 10.9 Å². The number of aliphatic imine (C=N–C) groups is 1. The monoisotopic (exact) mass is 273 g/mol. The van der Waals surface area contributed by atoms with Crippen molar-refractivity contribution >= 4 is 22.8 Å². The van der Waals surface area contributed by atoms with E-state index < -0.39 is 0 Å². The Bertz CT molecular complexity index is 622. The summed E-state index contributed by atoms with van der Waals surface area (Å²) in [5.41, 5.74) is 1.10. The molecule has 1 aliphatic heterocycles. The van der Waals surface area contributed by atoms with Crippen molar-refractivity contribution < 1.29 is 9.21 Å². The maximum atomic E-state index is 12.1. The number of carbonyl (C=O) groups excluding carboxylic acids is 1. The third kappa shape index (κ3) is 2.53. The van der Waals surface area contributed by atoms with Crippen LogP contribution in [0.1, 0.15) is 10.5 Å². The molecular weight excluding hydrogens is 262 g/mol. The Kier molecular flexibility index (Phi) is 3.33. The maximum absolute atomic E-state index is 12.1. The average molecular weight is 273 g/mol. The number of benzene rings is 1. The van der Waals surface area contributed by atoms with Gasteiger partial charge < -0.3 is 4.42 Å². The minimum Gasteiger partial charge on any atom is -0.443 e. The molecule has 6 heteroatoms. The van der Waals surface area contributed by atoms with E-state index in [1.807, 2.05) is 30.3 Å². The highest BCUT2D eigenvalue weighted by Gasteiger charge is 2.20. The molecule has 0 bridgehead atoms. The lowest BCUT2D eigenvalue weighted by atomic mass is 10.1. The quantitative estimate of drug-likeness (QED) is 0.910. The third-order valence-corrected chi connectivity index (χ3v) is 3.52. The number of rotatable bonds is 2. The van der Waals surface area contributed by atoms with Gasteiger partial charge in [0.05, 0.1) is 6.54 Å². The number of amidine groups is 1. The SMILES string of the molecule is O=C(NC1=NCCS1)c1ncoc1-c1ccccc1. The van der Waals surface area contributed by atoms with Gasteiger partial charge >= 0.3 is 0 Å². The minimum atomic E-state index is -0.291. The van der Waals surface area contributed by atoms with Crippen LogP contribution in [-0.2, 0) is 0 Å². The van der Waals surface area contributed by atoms with Crippen molar-refractivity contribution in [1.82, 2.24) is 10.3 Å². The van der Waals surface area contributed by atoms with Crippen LogP contribution in [0.15, 0.2) is 46.1 Å². The Morgan fingerprint density at radius 1 is 1.32 bits per heavy atom. The molecule has 96 valence electrons. The molecule has 0 saturated heterocycles. The molecule has 0 radical (unpaired) electrons. The summed E-state index contributed by atoms with van der Waals surface area (Å²) in [6, 6.07) is 9.43. The molecule has 19 heavy (non-hydrogen) atoms. The number of oxazole rings is 1. The lowest BCUT2D eigenvalue weighted by molar-refractivity contribution is 0.0974. The number of amides is 1. The third-order valence-electron chi connectivity index (χ3n) is 2.62. The van der Waals surface area contributed by atoms with Crippen LogP contribution in [0.2, 0.25) is 0 Å². The highest BCUT2D eigenvalue weighted by Crippen LogP contribution is 2.22. The molecule has 0 atom stereocenters. The van der Waals surface area contributed by atoms with Crippen molar-refractivity contribution in [1.29, 1.82) is 0 Å². The van der Waals surface area contributed by atoms with Crippen LogP contribution >= 0.6 is 11.8 Å². The summed E-state index contributed by atoms with van der Waals surface area (Å²) in [7, 11) is 0. The van der Waals surface area contributed by atoms with Crippen molar-refractivity contribution in [3.05, 3.63) is 42.4 Å². The normalized spacial score (nSPS) is 14.2. The van der Waals surface area contributed by atoms with Crippen molar-refractivity contribution in [3.63, 3.8) is 0 Å². The van der Waals surface area contributed by atoms with Crippen LogP contribution in [0.5, 0.6) is 0 Å². The summed E-state index contributed by atoms with van der Waals surface area (Å²) in [5, 5.41) is 3.39. The molecule has 1 aromatic carbocycles. The van der Waals surface area contributed by atoms with Gasteiger partial charge in [-0.05, 0) is 0 Å². The maximum Gasteiger partial charge on any atom is 0.279 e. The van der Waals surface area contributed by atoms with Crippen LogP contribution in [0.3, 0.4) is 0 Å². The van der Waals surface area contributed by atoms with E-state index in [4.69, 9.17) is 4.42 Å². The fourth-order valence-electron chi connectivity index (χ4n) is 1.77. The van der Waals surface area contributed by atoms with Gasteiger partial charge in [-0.15, -0.1) is 0 Å². The fraction of sp³-hybridized carbons (Fsp3) is 0.154. The first-order valence-corrected chi connectivity index (χ1v) is 6.80. The first-order valence-electron chi connectivity index (χ1n) is 5.82. The Morgan fingerprint density at radius 3 is 2.89 bits per heavy atom. The van der Waals surface area contributed by atoms with E-state index in [1.54, 1.807) is 0 Å². The second-order valence-electron chi connectivity index (χ2n) is 3.89. The summed E-state index contributed by atoms with van der Waals surface area (Å²) in [4.78, 5) is 20.3. The van der Waals surface area contributed by atoms with E-state index >= 15 is 0 Å². The van der Waals surface area contributed by atoms with E-state index in [9.17, 15) is 4.79 Å². The van der Waals surface area contributed by atoms with Crippen LogP contribution in [0, 0.1) is 0 Å². The topological polar surface area (TPSA) is 67.5 Å². The van der Waals surface area contributed by atoms with Gasteiger partial charge in [-0.25, -0.2) is 4.98 Å². The molecule has 0 spiro atoms. The molecule has 2 aromatic rings. The number of nitrogens with one attached hydrogen (secondary N) is 1. The van der Waals surface area contributed by atoms with Crippen molar-refractivity contribution in [2.24, 2.45) is 4.99 Å². The lowest BCUT2D eigenvalue weighted by Crippen LogP contribution is -2.28. The van der Waals surface area contributed by atoms with E-state index in [0.717, 1.165) is 17.9 Å². The zero-order valence-electron chi connectivity index (χ0n) is 10.00. The molecule has 2 heterocycles. The molecule has 0 unspecified atom stereocenters. The number of carbonyl (C=O) groups is 1. The zero-order valence-corrected chi connectivity index (χ0v) is 10.8. The average Bonchev–Trinajstić information content (AvgIpc) is 3.10. The smallest absolute Gasteiger partial charge is 0.279 e. The number of thioether (sulfide) groups is 1. The molecule has 1 amide bonds. The molecule has 1 N–H and O–H groups in total. The second-order valence-corrected chi connectivity index (χ2v) is 4.97. The highest BCUT2D eigenvalue weighted by atomic mass is 32.2. The minimum absolute atomic E-state index is 0.279. The highest BCUT2D eigenvalue weighted by molar-refractivity contribution is 8.14. The second kappa shape index (κ2) is 5.27. The van der Waals surface area contributed by atoms with Crippen LogP contribution < -0.4 is 5.32 Å². The van der Waals surface area contributed by atoms with E-state index in [2.05, 4.69) is 15.3 Å². The van der Waals surface area contributed by atoms with Crippen LogP contribution in [0.4, 0.5) is 0 Å². The molecule has 1 aliphatic rings. The number of hydrogen-bond donors (Lipinski definition) is 1. The Morgan fingerprint density at radius 2 is 2.16 bits per heavy atom. The number of hydrogen-bond acceptors (Lipinski definition) is 5. The Balaban J connectivity index is 1.86. The fourth-order valence-corrected chi connectivity index (χ4v) is 2.49. The van der Waals surface area contributed by atoms with Gasteiger partial charge in [0, 0.05) is 11.3 Å². The molecule has 1 aromatic heterocycles. The standard InChI is InChI=1S/C13H11N3O2S/c17-12(16-13-14-6-7-19-13)10-11(18-8-15-10)9-4-2-1-3-5-9/h1-5,8H,6-7H2,(H,14,16,17). The van der Waals surface area contributed by atoms with Gasteiger partial charge in [-0.1, -0.05) is 42.1 Å². The molecule has 0 fully saturated rings. The van der Waals surface area contributed by atoms with E-state index in [-0.39, 0.29) is 11.6 Å². The molecule has 3 rings (SSSR count). The molecule has 0 aliphatic carbocycles. The van der Waals surface area contributed by atoms with Crippen molar-refractivity contribution in [3.8, 4) is 11.3 Å². The first kappa shape index (κ1) is 12.0. The zero-order chi connectivity index (χ0) is 13.1. The summed E-state index contributed by atoms with van der Waals surface area (Å²) < 4.78 is 5.32. The van der Waals surface area contributed by atoms with Crippen LogP contribution in [0.25, 0.3) is 11.3 Å². The summed E-state index contributed by atoms with van der Waals surface area (Å²) in [6.45, 7) is 0.741. The van der Waals surface area contributed by atoms with Gasteiger partial charge in [0.1, 0.15) is 0 Å². The van der Waals surface area contributed by atoms with Gasteiger partial charge in [-0.2, -0.15) is 0 Å². The predicted molar refractivity (Wildman–Crippen MR) is 74.2 cm³/mol. The Hall–Kier alpha value is -2.08. The van der Waals surface area contributed by atoms with Gasteiger partial charge in [0.15, 0.2) is 23.0 Å². The van der Waals surface area contributed by atoms with Gasteiger partial charge in [0.25, 0.3) is 5.91 Å². The molecule has 0 saturated carbocycles.